The van der Waals surface area contributed by atoms with Crippen LogP contribution in [-0.4, -0.2) is 15.6 Å². The molecular formula is C10H17N3. The fraction of sp³-hybridized carbons (Fsp3) is 0.700. The van der Waals surface area contributed by atoms with Gasteiger partial charge in [-0.15, -0.1) is 0 Å². The van der Waals surface area contributed by atoms with Crippen molar-refractivity contribution in [3.05, 3.63) is 17.7 Å². The summed E-state index contributed by atoms with van der Waals surface area (Å²) in [5, 5.41) is 0. The highest BCUT2D eigenvalue weighted by Gasteiger charge is 2.22. The maximum atomic E-state index is 5.89. The van der Waals surface area contributed by atoms with Gasteiger partial charge in [-0.05, 0) is 26.2 Å². The number of imidazole rings is 1. The van der Waals surface area contributed by atoms with Gasteiger partial charge in [0, 0.05) is 30.9 Å². The minimum Gasteiger partial charge on any atom is -0.332 e. The first kappa shape index (κ1) is 8.75. The minimum absolute atomic E-state index is 0.297. The van der Waals surface area contributed by atoms with Gasteiger partial charge in [-0.2, -0.15) is 0 Å². The van der Waals surface area contributed by atoms with Gasteiger partial charge in [-0.3, -0.25) is 0 Å². The summed E-state index contributed by atoms with van der Waals surface area (Å²) in [7, 11) is 0. The monoisotopic (exact) mass is 179 g/mol. The van der Waals surface area contributed by atoms with E-state index in [2.05, 4.69) is 23.4 Å². The second-order valence-corrected chi connectivity index (χ2v) is 4.08. The molecule has 3 heteroatoms. The van der Waals surface area contributed by atoms with E-state index in [0.29, 0.717) is 12.0 Å². The van der Waals surface area contributed by atoms with Gasteiger partial charge in [0.15, 0.2) is 0 Å². The molecule has 2 unspecified atom stereocenters. The van der Waals surface area contributed by atoms with E-state index in [4.69, 9.17) is 5.73 Å². The summed E-state index contributed by atoms with van der Waals surface area (Å²) >= 11 is 0. The molecule has 0 fully saturated rings. The summed E-state index contributed by atoms with van der Waals surface area (Å²) in [6.07, 6.45) is 4.20. The number of nitrogens with two attached hydrogens (primary N) is 1. The third-order valence-electron chi connectivity index (χ3n) is 3.05. The van der Waals surface area contributed by atoms with Crippen LogP contribution in [-0.2, 0) is 13.0 Å². The molecule has 3 nitrogen and oxygen atoms in total. The first-order valence-electron chi connectivity index (χ1n) is 4.95. The molecule has 0 radical (unpaired) electrons. The van der Waals surface area contributed by atoms with E-state index in [-0.39, 0.29) is 0 Å². The van der Waals surface area contributed by atoms with E-state index < -0.39 is 0 Å². The van der Waals surface area contributed by atoms with Crippen molar-refractivity contribution < 1.29 is 0 Å². The van der Waals surface area contributed by atoms with Gasteiger partial charge in [0.05, 0.1) is 0 Å². The van der Waals surface area contributed by atoms with Crippen molar-refractivity contribution in [2.24, 2.45) is 11.7 Å². The first-order valence-corrected chi connectivity index (χ1v) is 4.95. The van der Waals surface area contributed by atoms with Gasteiger partial charge in [-0.25, -0.2) is 4.98 Å². The van der Waals surface area contributed by atoms with E-state index >= 15 is 0 Å². The number of nitrogens with zero attached hydrogens (tertiary/aromatic N) is 2. The van der Waals surface area contributed by atoms with Crippen molar-refractivity contribution >= 4 is 0 Å². The Hall–Kier alpha value is -0.830. The topological polar surface area (TPSA) is 43.8 Å². The molecule has 1 aliphatic rings. The summed E-state index contributed by atoms with van der Waals surface area (Å²) in [6, 6.07) is 0.297. The lowest BCUT2D eigenvalue weighted by molar-refractivity contribution is 0.335. The van der Waals surface area contributed by atoms with Crippen molar-refractivity contribution in [1.29, 1.82) is 0 Å². The van der Waals surface area contributed by atoms with Crippen LogP contribution < -0.4 is 5.73 Å². The van der Waals surface area contributed by atoms with Crippen LogP contribution in [0.2, 0.25) is 0 Å². The van der Waals surface area contributed by atoms with Gasteiger partial charge >= 0.3 is 0 Å². The summed E-state index contributed by atoms with van der Waals surface area (Å²) < 4.78 is 2.30. The predicted molar refractivity (Wildman–Crippen MR) is 52.4 cm³/mol. The maximum Gasteiger partial charge on any atom is 0.109 e. The van der Waals surface area contributed by atoms with E-state index in [1.165, 1.54) is 17.9 Å². The Balaban J connectivity index is 2.21. The molecule has 13 heavy (non-hydrogen) atoms. The Morgan fingerprint density at radius 3 is 3.15 bits per heavy atom. The largest absolute Gasteiger partial charge is 0.332 e. The van der Waals surface area contributed by atoms with Crippen molar-refractivity contribution in [2.45, 2.75) is 39.3 Å². The Kier molecular flexibility index (Phi) is 2.12. The molecule has 72 valence electrons. The zero-order valence-corrected chi connectivity index (χ0v) is 8.33. The molecule has 0 bridgehead atoms. The van der Waals surface area contributed by atoms with Crippen molar-refractivity contribution in [2.75, 3.05) is 0 Å². The quantitative estimate of drug-likeness (QED) is 0.701. The molecule has 0 aromatic carbocycles. The highest BCUT2D eigenvalue weighted by Crippen LogP contribution is 2.22. The van der Waals surface area contributed by atoms with Crippen LogP contribution in [0, 0.1) is 12.8 Å². The Morgan fingerprint density at radius 1 is 1.69 bits per heavy atom. The Morgan fingerprint density at radius 2 is 2.46 bits per heavy atom. The SMILES string of the molecule is Cc1cnc2n1CCC(C(C)N)C2. The first-order chi connectivity index (χ1) is 6.18. The smallest absolute Gasteiger partial charge is 0.109 e. The van der Waals surface area contributed by atoms with Gasteiger partial charge in [0.25, 0.3) is 0 Å². The fourth-order valence-electron chi connectivity index (χ4n) is 2.06. The van der Waals surface area contributed by atoms with Crippen molar-refractivity contribution in [3.63, 3.8) is 0 Å². The van der Waals surface area contributed by atoms with Crippen LogP contribution in [0.4, 0.5) is 0 Å². The maximum absolute atomic E-state index is 5.89. The van der Waals surface area contributed by atoms with Gasteiger partial charge in [0.2, 0.25) is 0 Å². The zero-order valence-electron chi connectivity index (χ0n) is 8.33. The third kappa shape index (κ3) is 1.48. The van der Waals surface area contributed by atoms with Gasteiger partial charge < -0.3 is 10.3 Å². The molecule has 2 N–H and O–H groups in total. The molecule has 1 aromatic rings. The summed E-state index contributed by atoms with van der Waals surface area (Å²) in [6.45, 7) is 5.30. The number of aryl methyl sites for hydroxylation is 1. The molecule has 2 atom stereocenters. The van der Waals surface area contributed by atoms with Crippen LogP contribution in [0.1, 0.15) is 24.9 Å². The van der Waals surface area contributed by atoms with Crippen LogP contribution in [0.25, 0.3) is 0 Å². The Labute approximate surface area is 79.0 Å². The van der Waals surface area contributed by atoms with Crippen LogP contribution >= 0.6 is 0 Å². The van der Waals surface area contributed by atoms with E-state index in [9.17, 15) is 0 Å². The minimum atomic E-state index is 0.297. The van der Waals surface area contributed by atoms with E-state index in [1.54, 1.807) is 0 Å². The molecule has 0 spiro atoms. The van der Waals surface area contributed by atoms with E-state index in [0.717, 1.165) is 13.0 Å². The Bertz CT molecular complexity index is 301. The third-order valence-corrected chi connectivity index (χ3v) is 3.05. The second-order valence-electron chi connectivity index (χ2n) is 4.08. The summed E-state index contributed by atoms with van der Waals surface area (Å²) in [4.78, 5) is 4.40. The summed E-state index contributed by atoms with van der Waals surface area (Å²) in [5.41, 5.74) is 7.17. The van der Waals surface area contributed by atoms with Gasteiger partial charge in [0.1, 0.15) is 5.82 Å². The molecule has 1 aromatic heterocycles. The lowest BCUT2D eigenvalue weighted by atomic mass is 9.91. The molecular weight excluding hydrogens is 162 g/mol. The molecule has 2 heterocycles. The normalized spacial score (nSPS) is 24.1. The highest BCUT2D eigenvalue weighted by atomic mass is 15.1. The predicted octanol–water partition coefficient (Wildman–Crippen LogP) is 1.10. The lowest BCUT2D eigenvalue weighted by Crippen LogP contribution is -2.33. The average molecular weight is 179 g/mol. The molecule has 0 saturated carbocycles. The molecule has 0 saturated heterocycles. The number of aromatic nitrogens is 2. The zero-order chi connectivity index (χ0) is 9.42. The average Bonchev–Trinajstić information content (AvgIpc) is 2.47. The van der Waals surface area contributed by atoms with Crippen molar-refractivity contribution in [1.82, 2.24) is 9.55 Å². The highest BCUT2D eigenvalue weighted by molar-refractivity contribution is 5.07. The van der Waals surface area contributed by atoms with Crippen LogP contribution in [0.15, 0.2) is 6.20 Å². The van der Waals surface area contributed by atoms with Crippen LogP contribution in [0.5, 0.6) is 0 Å². The molecule has 0 aliphatic carbocycles. The molecule has 1 aliphatic heterocycles. The van der Waals surface area contributed by atoms with Crippen LogP contribution in [0.3, 0.4) is 0 Å². The number of hydrogen-bond donors (Lipinski definition) is 1. The fourth-order valence-corrected chi connectivity index (χ4v) is 2.06. The standard InChI is InChI=1S/C10H17N3/c1-7-6-12-10-5-9(8(2)11)3-4-13(7)10/h6,8-9H,3-5,11H2,1-2H3. The van der Waals surface area contributed by atoms with Gasteiger partial charge in [-0.1, -0.05) is 0 Å². The molecule has 0 amide bonds. The second kappa shape index (κ2) is 3.14. The number of rotatable bonds is 1. The summed E-state index contributed by atoms with van der Waals surface area (Å²) in [5.74, 6) is 1.83. The number of hydrogen-bond acceptors (Lipinski definition) is 2. The molecule has 2 rings (SSSR count). The number of fused-ring (bicyclic) bond motifs is 1. The van der Waals surface area contributed by atoms with Crippen molar-refractivity contribution in [3.8, 4) is 0 Å². The lowest BCUT2D eigenvalue weighted by Gasteiger charge is -2.26. The van der Waals surface area contributed by atoms with E-state index in [1.807, 2.05) is 6.20 Å².